The molecule has 1 fully saturated rings. The molecule has 8 nitrogen and oxygen atoms in total. The van der Waals surface area contributed by atoms with Crippen LogP contribution in [0.2, 0.25) is 0 Å². The second kappa shape index (κ2) is 8.95. The summed E-state index contributed by atoms with van der Waals surface area (Å²) in [7, 11) is -1.50. The van der Waals surface area contributed by atoms with Gasteiger partial charge in [0.15, 0.2) is 9.84 Å². The van der Waals surface area contributed by atoms with E-state index < -0.39 is 21.9 Å². The highest BCUT2D eigenvalue weighted by Gasteiger charge is 2.28. The number of hydrogen-bond acceptors (Lipinski definition) is 5. The molecule has 1 aliphatic rings. The molecule has 9 heteroatoms. The Balaban J connectivity index is 1.57. The van der Waals surface area contributed by atoms with Gasteiger partial charge >= 0.3 is 6.03 Å². The van der Waals surface area contributed by atoms with Gasteiger partial charge in [-0.05, 0) is 30.7 Å². The molecule has 154 valence electrons. The summed E-state index contributed by atoms with van der Waals surface area (Å²) in [6.45, 7) is 0.303. The molecule has 2 aromatic carbocycles. The van der Waals surface area contributed by atoms with Crippen LogP contribution in [0.3, 0.4) is 0 Å². The number of sulfone groups is 1. The van der Waals surface area contributed by atoms with Crippen molar-refractivity contribution in [1.82, 2.24) is 10.6 Å². The third-order valence-electron chi connectivity index (χ3n) is 4.58. The molecule has 0 saturated carbocycles. The highest BCUT2D eigenvalue weighted by Crippen LogP contribution is 2.17. The fraction of sp³-hybridized carbons (Fsp3) is 0.300. The molecule has 0 bridgehead atoms. The van der Waals surface area contributed by atoms with Crippen molar-refractivity contribution >= 4 is 27.5 Å². The summed E-state index contributed by atoms with van der Waals surface area (Å²) in [6.07, 6.45) is 0.404. The highest BCUT2D eigenvalue weighted by molar-refractivity contribution is 7.91. The van der Waals surface area contributed by atoms with Crippen molar-refractivity contribution < 1.29 is 22.7 Å². The van der Waals surface area contributed by atoms with Crippen molar-refractivity contribution in [1.29, 1.82) is 0 Å². The quantitative estimate of drug-likeness (QED) is 0.665. The molecule has 3 rings (SSSR count). The zero-order chi connectivity index (χ0) is 20.9. The predicted octanol–water partition coefficient (Wildman–Crippen LogP) is 1.93. The summed E-state index contributed by atoms with van der Waals surface area (Å²) in [6, 6.07) is 13.0. The van der Waals surface area contributed by atoms with E-state index in [0.717, 1.165) is 5.56 Å². The number of nitrogens with one attached hydrogen (secondary N) is 3. The fourth-order valence-electron chi connectivity index (χ4n) is 3.13. The van der Waals surface area contributed by atoms with Crippen LogP contribution < -0.4 is 20.7 Å². The van der Waals surface area contributed by atoms with Crippen molar-refractivity contribution in [2.75, 3.05) is 23.9 Å². The number of amides is 3. The molecule has 1 saturated heterocycles. The van der Waals surface area contributed by atoms with Crippen LogP contribution in [0, 0.1) is 0 Å². The molecular weight excluding hydrogens is 394 g/mol. The van der Waals surface area contributed by atoms with E-state index in [1.54, 1.807) is 31.4 Å². The molecule has 1 aliphatic heterocycles. The van der Waals surface area contributed by atoms with Crippen LogP contribution in [0.15, 0.2) is 48.5 Å². The van der Waals surface area contributed by atoms with Crippen LogP contribution in [0.25, 0.3) is 0 Å². The molecule has 3 amide bonds. The van der Waals surface area contributed by atoms with Crippen LogP contribution in [-0.2, 0) is 16.4 Å². The Morgan fingerprint density at radius 3 is 2.66 bits per heavy atom. The molecule has 1 atom stereocenters. The smallest absolute Gasteiger partial charge is 0.319 e. The Bertz CT molecular complexity index is 1010. The first kappa shape index (κ1) is 20.7. The van der Waals surface area contributed by atoms with E-state index in [1.165, 1.54) is 0 Å². The number of anilines is 1. The lowest BCUT2D eigenvalue weighted by molar-refractivity contribution is 0.0950. The Morgan fingerprint density at radius 2 is 1.93 bits per heavy atom. The number of hydrogen-bond donors (Lipinski definition) is 3. The van der Waals surface area contributed by atoms with Crippen molar-refractivity contribution in [3.8, 4) is 5.75 Å². The Hall–Kier alpha value is -3.07. The Kier molecular flexibility index (Phi) is 6.38. The zero-order valence-corrected chi connectivity index (χ0v) is 16.8. The predicted molar refractivity (Wildman–Crippen MR) is 110 cm³/mol. The van der Waals surface area contributed by atoms with Gasteiger partial charge in [-0.15, -0.1) is 0 Å². The first-order valence-electron chi connectivity index (χ1n) is 9.14. The number of benzene rings is 2. The van der Waals surface area contributed by atoms with E-state index in [-0.39, 0.29) is 17.4 Å². The number of carbonyl (C=O) groups excluding carboxylic acids is 2. The molecule has 3 N–H and O–H groups in total. The molecular formula is C20H23N3O5S. The highest BCUT2D eigenvalue weighted by atomic mass is 32.2. The third-order valence-corrected chi connectivity index (χ3v) is 6.35. The van der Waals surface area contributed by atoms with Crippen molar-refractivity contribution in [2.24, 2.45) is 0 Å². The summed E-state index contributed by atoms with van der Waals surface area (Å²) in [4.78, 5) is 24.6. The second-order valence-electron chi connectivity index (χ2n) is 6.77. The SMILES string of the molecule is COc1ccccc1CNC(=O)c1cccc(NC(=O)NC2CCS(=O)(=O)C2)c1. The van der Waals surface area contributed by atoms with E-state index in [0.29, 0.717) is 30.0 Å². The molecule has 29 heavy (non-hydrogen) atoms. The van der Waals surface area contributed by atoms with Crippen LogP contribution in [0.4, 0.5) is 10.5 Å². The van der Waals surface area contributed by atoms with Crippen LogP contribution in [0.5, 0.6) is 5.75 Å². The minimum atomic E-state index is -3.07. The molecule has 0 aliphatic carbocycles. The van der Waals surface area contributed by atoms with E-state index in [9.17, 15) is 18.0 Å². The lowest BCUT2D eigenvalue weighted by Gasteiger charge is -2.13. The van der Waals surface area contributed by atoms with Gasteiger partial charge in [-0.2, -0.15) is 0 Å². The van der Waals surface area contributed by atoms with Crippen molar-refractivity contribution in [2.45, 2.75) is 19.0 Å². The molecule has 2 aromatic rings. The summed E-state index contributed by atoms with van der Waals surface area (Å²) in [5, 5.41) is 8.11. The van der Waals surface area contributed by atoms with Gasteiger partial charge in [0.25, 0.3) is 5.91 Å². The molecule has 0 spiro atoms. The van der Waals surface area contributed by atoms with Crippen molar-refractivity contribution in [3.05, 3.63) is 59.7 Å². The monoisotopic (exact) mass is 417 g/mol. The van der Waals surface area contributed by atoms with Gasteiger partial charge in [-0.25, -0.2) is 13.2 Å². The average molecular weight is 417 g/mol. The first-order valence-corrected chi connectivity index (χ1v) is 11.0. The van der Waals surface area contributed by atoms with Crippen LogP contribution in [0.1, 0.15) is 22.3 Å². The Labute approximate surface area is 169 Å². The van der Waals surface area contributed by atoms with Gasteiger partial charge in [0.2, 0.25) is 0 Å². The fourth-order valence-corrected chi connectivity index (χ4v) is 4.80. The van der Waals surface area contributed by atoms with E-state index in [4.69, 9.17) is 4.74 Å². The summed E-state index contributed by atoms with van der Waals surface area (Å²) in [5.41, 5.74) is 1.68. The van der Waals surface area contributed by atoms with Gasteiger partial charge in [0.1, 0.15) is 5.75 Å². The number of methoxy groups -OCH3 is 1. The van der Waals surface area contributed by atoms with Gasteiger partial charge < -0.3 is 20.7 Å². The van der Waals surface area contributed by atoms with Crippen LogP contribution in [-0.4, -0.2) is 45.0 Å². The first-order chi connectivity index (χ1) is 13.9. The maximum absolute atomic E-state index is 12.5. The van der Waals surface area contributed by atoms with E-state index >= 15 is 0 Å². The number of ether oxygens (including phenoxy) is 1. The average Bonchev–Trinajstić information content (AvgIpc) is 3.04. The summed E-state index contributed by atoms with van der Waals surface area (Å²) < 4.78 is 28.2. The van der Waals surface area contributed by atoms with Gasteiger partial charge in [0.05, 0.1) is 18.6 Å². The largest absolute Gasteiger partial charge is 0.496 e. The molecule has 1 unspecified atom stereocenters. The van der Waals surface area contributed by atoms with Gasteiger partial charge in [-0.1, -0.05) is 24.3 Å². The Morgan fingerprint density at radius 1 is 1.14 bits per heavy atom. The van der Waals surface area contributed by atoms with Crippen LogP contribution >= 0.6 is 0 Å². The van der Waals surface area contributed by atoms with Gasteiger partial charge in [0, 0.05) is 29.4 Å². The molecule has 1 heterocycles. The maximum atomic E-state index is 12.5. The number of rotatable bonds is 6. The lowest BCUT2D eigenvalue weighted by Crippen LogP contribution is -2.38. The van der Waals surface area contributed by atoms with E-state index in [2.05, 4.69) is 16.0 Å². The standard InChI is InChI=1S/C20H23N3O5S/c1-28-18-8-3-2-5-15(18)12-21-19(24)14-6-4-7-16(11-14)22-20(25)23-17-9-10-29(26,27)13-17/h2-8,11,17H,9-10,12-13H2,1H3,(H,21,24)(H2,22,23,25). The van der Waals surface area contributed by atoms with E-state index in [1.807, 2.05) is 24.3 Å². The summed E-state index contributed by atoms with van der Waals surface area (Å²) >= 11 is 0. The topological polar surface area (TPSA) is 114 Å². The second-order valence-corrected chi connectivity index (χ2v) is 9.00. The number of carbonyl (C=O) groups is 2. The minimum absolute atomic E-state index is 0.0498. The van der Waals surface area contributed by atoms with Gasteiger partial charge in [-0.3, -0.25) is 4.79 Å². The molecule has 0 radical (unpaired) electrons. The zero-order valence-electron chi connectivity index (χ0n) is 16.0. The minimum Gasteiger partial charge on any atom is -0.496 e. The third kappa shape index (κ3) is 5.71. The lowest BCUT2D eigenvalue weighted by atomic mass is 10.1. The van der Waals surface area contributed by atoms with Crippen molar-refractivity contribution in [3.63, 3.8) is 0 Å². The normalized spacial score (nSPS) is 17.3. The number of urea groups is 1. The maximum Gasteiger partial charge on any atom is 0.319 e. The molecule has 0 aromatic heterocycles. The summed E-state index contributed by atoms with van der Waals surface area (Å²) in [5.74, 6) is 0.432. The number of para-hydroxylation sites is 1.